The van der Waals surface area contributed by atoms with Gasteiger partial charge in [0, 0.05) is 25.0 Å². The Balaban J connectivity index is 1.78. The second-order valence-electron chi connectivity index (χ2n) is 9.86. The number of benzene rings is 4. The standard InChI is InChI=1S/C33H33ClFN3O5S/c1-3-43-29-17-15-28(16-18-29)38(44(41,42)30-19-11-26(34)12-20-30)23-32(39)37(22-25-9-13-27(35)14-10-25)31(33(40)36-2)21-24-7-5-4-6-8-24/h4-20,31H,3,21-23H2,1-2H3,(H,36,40)/t31-/m1/s1. The van der Waals surface area contributed by atoms with Crippen molar-refractivity contribution < 1.29 is 27.1 Å². The lowest BCUT2D eigenvalue weighted by atomic mass is 10.0. The number of carbonyl (C=O) groups is 2. The topological polar surface area (TPSA) is 96.0 Å². The molecule has 0 fully saturated rings. The van der Waals surface area contributed by atoms with Gasteiger partial charge in [0.1, 0.15) is 24.2 Å². The predicted molar refractivity (Wildman–Crippen MR) is 169 cm³/mol. The average molecular weight is 638 g/mol. The fourth-order valence-corrected chi connectivity index (χ4v) is 6.19. The normalized spacial score (nSPS) is 11.8. The highest BCUT2D eigenvalue weighted by Crippen LogP contribution is 2.28. The summed E-state index contributed by atoms with van der Waals surface area (Å²) in [5.41, 5.74) is 1.59. The van der Waals surface area contributed by atoms with Crippen LogP contribution in [0.2, 0.25) is 5.02 Å². The maximum absolute atomic E-state index is 14.3. The number of amides is 2. The van der Waals surface area contributed by atoms with Gasteiger partial charge in [-0.15, -0.1) is 0 Å². The van der Waals surface area contributed by atoms with Gasteiger partial charge in [-0.25, -0.2) is 12.8 Å². The maximum atomic E-state index is 14.3. The zero-order chi connectivity index (χ0) is 31.7. The van der Waals surface area contributed by atoms with Gasteiger partial charge in [0.05, 0.1) is 17.2 Å². The Morgan fingerprint density at radius 3 is 2.11 bits per heavy atom. The van der Waals surface area contributed by atoms with E-state index in [-0.39, 0.29) is 23.5 Å². The SMILES string of the molecule is CCOc1ccc(N(CC(=O)N(Cc2ccc(F)cc2)[C@H](Cc2ccccc2)C(=O)NC)S(=O)(=O)c2ccc(Cl)cc2)cc1. The minimum Gasteiger partial charge on any atom is -0.494 e. The molecule has 0 aliphatic heterocycles. The minimum atomic E-state index is -4.28. The van der Waals surface area contributed by atoms with Crippen LogP contribution in [-0.4, -0.2) is 51.4 Å². The molecule has 4 aromatic rings. The van der Waals surface area contributed by atoms with Crippen LogP contribution in [0.1, 0.15) is 18.1 Å². The van der Waals surface area contributed by atoms with Gasteiger partial charge in [-0.3, -0.25) is 13.9 Å². The molecule has 0 saturated carbocycles. The first-order chi connectivity index (χ1) is 21.1. The number of nitrogens with one attached hydrogen (secondary N) is 1. The molecular formula is C33H33ClFN3O5S. The Bertz CT molecular complexity index is 1650. The number of hydrogen-bond donors (Lipinski definition) is 1. The van der Waals surface area contributed by atoms with Crippen LogP contribution in [0.15, 0.2) is 108 Å². The number of halogens is 2. The van der Waals surface area contributed by atoms with Gasteiger partial charge in [-0.2, -0.15) is 0 Å². The van der Waals surface area contributed by atoms with Crippen LogP contribution in [-0.2, 0) is 32.6 Å². The summed E-state index contributed by atoms with van der Waals surface area (Å²) >= 11 is 6.02. The monoisotopic (exact) mass is 637 g/mol. The van der Waals surface area contributed by atoms with Crippen molar-refractivity contribution in [3.63, 3.8) is 0 Å². The van der Waals surface area contributed by atoms with E-state index in [9.17, 15) is 22.4 Å². The summed E-state index contributed by atoms with van der Waals surface area (Å²) < 4.78 is 48.3. The number of hydrogen-bond acceptors (Lipinski definition) is 5. The van der Waals surface area contributed by atoms with Crippen LogP contribution in [0, 0.1) is 5.82 Å². The molecule has 8 nitrogen and oxygen atoms in total. The molecule has 0 unspecified atom stereocenters. The Hall–Kier alpha value is -4.41. The number of carbonyl (C=O) groups excluding carboxylic acids is 2. The largest absolute Gasteiger partial charge is 0.494 e. The first-order valence-electron chi connectivity index (χ1n) is 13.9. The molecule has 0 aliphatic rings. The number of sulfonamides is 1. The van der Waals surface area contributed by atoms with Crippen molar-refractivity contribution in [1.82, 2.24) is 10.2 Å². The average Bonchev–Trinajstić information content (AvgIpc) is 3.03. The molecule has 0 saturated heterocycles. The Labute approximate surface area is 262 Å². The fraction of sp³-hybridized carbons (Fsp3) is 0.212. The molecule has 1 N–H and O–H groups in total. The fourth-order valence-electron chi connectivity index (χ4n) is 4.64. The molecule has 1 atom stereocenters. The van der Waals surface area contributed by atoms with E-state index in [0.717, 1.165) is 9.87 Å². The Morgan fingerprint density at radius 2 is 1.52 bits per heavy atom. The van der Waals surface area contributed by atoms with E-state index in [0.29, 0.717) is 22.9 Å². The highest BCUT2D eigenvalue weighted by Gasteiger charge is 2.34. The third-order valence-corrected chi connectivity index (χ3v) is 8.94. The van der Waals surface area contributed by atoms with Crippen molar-refractivity contribution in [1.29, 1.82) is 0 Å². The van der Waals surface area contributed by atoms with Crippen LogP contribution in [0.5, 0.6) is 5.75 Å². The summed E-state index contributed by atoms with van der Waals surface area (Å²) in [5.74, 6) is -0.982. The second kappa shape index (κ2) is 14.9. The van der Waals surface area contributed by atoms with Crippen molar-refractivity contribution in [3.05, 3.63) is 125 Å². The van der Waals surface area contributed by atoms with Gasteiger partial charge in [0.15, 0.2) is 0 Å². The summed E-state index contributed by atoms with van der Waals surface area (Å²) in [7, 11) is -2.81. The van der Waals surface area contributed by atoms with Gasteiger partial charge in [-0.05, 0) is 78.7 Å². The van der Waals surface area contributed by atoms with Crippen LogP contribution in [0.25, 0.3) is 0 Å². The van der Waals surface area contributed by atoms with Crippen molar-refractivity contribution in [2.45, 2.75) is 30.8 Å². The first kappa shape index (κ1) is 32.5. The molecular weight excluding hydrogens is 605 g/mol. The van der Waals surface area contributed by atoms with Gasteiger partial charge in [0.25, 0.3) is 10.0 Å². The highest BCUT2D eigenvalue weighted by atomic mass is 35.5. The summed E-state index contributed by atoms with van der Waals surface area (Å²) in [4.78, 5) is 28.8. The van der Waals surface area contributed by atoms with Crippen LogP contribution < -0.4 is 14.4 Å². The molecule has 0 radical (unpaired) electrons. The third kappa shape index (κ3) is 8.15. The molecule has 0 bridgehead atoms. The van der Waals surface area contributed by atoms with Crippen molar-refractivity contribution >= 4 is 39.1 Å². The molecule has 0 heterocycles. The molecule has 11 heteroatoms. The summed E-state index contributed by atoms with van der Waals surface area (Å²) in [6.45, 7) is 1.56. The number of nitrogens with zero attached hydrogens (tertiary/aromatic N) is 2. The van der Waals surface area contributed by atoms with E-state index in [1.165, 1.54) is 60.5 Å². The second-order valence-corrected chi connectivity index (χ2v) is 12.2. The molecule has 4 aromatic carbocycles. The lowest BCUT2D eigenvalue weighted by Crippen LogP contribution is -2.53. The summed E-state index contributed by atoms with van der Waals surface area (Å²) in [6.07, 6.45) is 0.167. The zero-order valence-corrected chi connectivity index (χ0v) is 25.9. The van der Waals surface area contributed by atoms with E-state index in [2.05, 4.69) is 5.32 Å². The molecule has 2 amide bonds. The van der Waals surface area contributed by atoms with E-state index in [1.807, 2.05) is 37.3 Å². The Kier molecular flexibility index (Phi) is 11.0. The smallest absolute Gasteiger partial charge is 0.264 e. The highest BCUT2D eigenvalue weighted by molar-refractivity contribution is 7.92. The lowest BCUT2D eigenvalue weighted by molar-refractivity contribution is -0.139. The minimum absolute atomic E-state index is 0.0673. The zero-order valence-electron chi connectivity index (χ0n) is 24.3. The number of anilines is 1. The van der Waals surface area contributed by atoms with E-state index in [4.69, 9.17) is 16.3 Å². The molecule has 230 valence electrons. The van der Waals surface area contributed by atoms with E-state index in [1.54, 1.807) is 24.3 Å². The molecule has 0 aliphatic carbocycles. The number of rotatable bonds is 13. The van der Waals surface area contributed by atoms with E-state index >= 15 is 0 Å². The molecule has 4 rings (SSSR count). The van der Waals surface area contributed by atoms with Gasteiger partial charge >= 0.3 is 0 Å². The van der Waals surface area contributed by atoms with Crippen molar-refractivity contribution in [2.24, 2.45) is 0 Å². The molecule has 0 spiro atoms. The predicted octanol–water partition coefficient (Wildman–Crippen LogP) is 5.46. The lowest BCUT2D eigenvalue weighted by Gasteiger charge is -2.33. The van der Waals surface area contributed by atoms with Gasteiger partial charge in [0.2, 0.25) is 11.8 Å². The maximum Gasteiger partial charge on any atom is 0.264 e. The number of likely N-dealkylation sites (N-methyl/N-ethyl adjacent to an activating group) is 1. The van der Waals surface area contributed by atoms with Crippen molar-refractivity contribution in [3.8, 4) is 5.75 Å². The van der Waals surface area contributed by atoms with Crippen molar-refractivity contribution in [2.75, 3.05) is 24.5 Å². The first-order valence-corrected chi connectivity index (χ1v) is 15.7. The van der Waals surface area contributed by atoms with Crippen LogP contribution in [0.4, 0.5) is 10.1 Å². The van der Waals surface area contributed by atoms with E-state index < -0.39 is 40.2 Å². The quantitative estimate of drug-likeness (QED) is 0.210. The molecule has 0 aromatic heterocycles. The summed E-state index contributed by atoms with van der Waals surface area (Å²) in [5, 5.41) is 2.98. The third-order valence-electron chi connectivity index (χ3n) is 6.90. The summed E-state index contributed by atoms with van der Waals surface area (Å²) in [6, 6.07) is 25.7. The van der Waals surface area contributed by atoms with Crippen LogP contribution >= 0.6 is 11.6 Å². The van der Waals surface area contributed by atoms with Gasteiger partial charge in [-0.1, -0.05) is 54.1 Å². The Morgan fingerprint density at radius 1 is 0.886 bits per heavy atom. The van der Waals surface area contributed by atoms with Crippen LogP contribution in [0.3, 0.4) is 0 Å². The number of ether oxygens (including phenoxy) is 1. The van der Waals surface area contributed by atoms with Gasteiger partial charge < -0.3 is 15.0 Å². The molecule has 44 heavy (non-hydrogen) atoms.